The maximum absolute atomic E-state index is 12.9. The van der Waals surface area contributed by atoms with Crippen LogP contribution < -0.4 is 10.3 Å². The van der Waals surface area contributed by atoms with Crippen molar-refractivity contribution in [2.45, 2.75) is 6.54 Å². The third-order valence-electron chi connectivity index (χ3n) is 4.40. The Morgan fingerprint density at radius 3 is 2.43 bits per heavy atom. The topological polar surface area (TPSA) is 105 Å². The predicted octanol–water partition coefficient (Wildman–Crippen LogP) is 2.65. The van der Waals surface area contributed by atoms with E-state index in [2.05, 4.69) is 5.10 Å². The molecule has 2 aromatic carbocycles. The van der Waals surface area contributed by atoms with Crippen molar-refractivity contribution in [1.82, 2.24) is 9.78 Å². The SMILES string of the molecule is O=c1c2ccccc2c(-c2cccc([N+](=O)[O-])c2)nn1Cc1cc[n+]([O-])cc1. The molecule has 0 spiro atoms. The van der Waals surface area contributed by atoms with Gasteiger partial charge in [0.15, 0.2) is 12.4 Å². The van der Waals surface area contributed by atoms with Crippen LogP contribution in [0.4, 0.5) is 5.69 Å². The van der Waals surface area contributed by atoms with Crippen LogP contribution in [-0.2, 0) is 6.54 Å². The van der Waals surface area contributed by atoms with Crippen LogP contribution in [0.3, 0.4) is 0 Å². The third kappa shape index (κ3) is 3.18. The van der Waals surface area contributed by atoms with Crippen molar-refractivity contribution in [3.63, 3.8) is 0 Å². The van der Waals surface area contributed by atoms with E-state index >= 15 is 0 Å². The minimum Gasteiger partial charge on any atom is -0.619 e. The van der Waals surface area contributed by atoms with Gasteiger partial charge in [0, 0.05) is 35.2 Å². The molecule has 138 valence electrons. The zero-order valence-electron chi connectivity index (χ0n) is 14.6. The first-order chi connectivity index (χ1) is 13.5. The fourth-order valence-electron chi connectivity index (χ4n) is 3.04. The van der Waals surface area contributed by atoms with E-state index < -0.39 is 4.92 Å². The van der Waals surface area contributed by atoms with Gasteiger partial charge < -0.3 is 5.21 Å². The molecular formula is C20H14N4O4. The van der Waals surface area contributed by atoms with E-state index in [1.165, 1.54) is 29.2 Å². The molecule has 4 rings (SSSR count). The number of hydrogen-bond donors (Lipinski definition) is 0. The van der Waals surface area contributed by atoms with Crippen molar-refractivity contribution in [1.29, 1.82) is 0 Å². The average molecular weight is 374 g/mol. The molecule has 0 bridgehead atoms. The van der Waals surface area contributed by atoms with Crippen molar-refractivity contribution in [3.8, 4) is 11.3 Å². The molecule has 0 atom stereocenters. The van der Waals surface area contributed by atoms with Crippen LogP contribution in [0.2, 0.25) is 0 Å². The molecule has 0 fully saturated rings. The quantitative estimate of drug-likeness (QED) is 0.236. The summed E-state index contributed by atoms with van der Waals surface area (Å²) in [6, 6.07) is 16.4. The Labute approximate surface area is 158 Å². The van der Waals surface area contributed by atoms with Gasteiger partial charge in [-0.25, -0.2) is 4.68 Å². The van der Waals surface area contributed by atoms with Crippen LogP contribution >= 0.6 is 0 Å². The number of nitrogens with zero attached hydrogens (tertiary/aromatic N) is 4. The van der Waals surface area contributed by atoms with E-state index in [1.54, 1.807) is 48.5 Å². The molecule has 2 aromatic heterocycles. The molecule has 0 unspecified atom stereocenters. The summed E-state index contributed by atoms with van der Waals surface area (Å²) in [5.41, 5.74) is 1.44. The summed E-state index contributed by atoms with van der Waals surface area (Å²) >= 11 is 0. The molecule has 0 aliphatic heterocycles. The number of nitro groups is 1. The number of aromatic nitrogens is 3. The number of pyridine rings is 1. The third-order valence-corrected chi connectivity index (χ3v) is 4.40. The zero-order valence-corrected chi connectivity index (χ0v) is 14.6. The maximum atomic E-state index is 12.9. The van der Waals surface area contributed by atoms with Crippen molar-refractivity contribution >= 4 is 16.5 Å². The molecule has 4 aromatic rings. The summed E-state index contributed by atoms with van der Waals surface area (Å²) in [6.07, 6.45) is 2.70. The number of hydrogen-bond acceptors (Lipinski definition) is 5. The van der Waals surface area contributed by atoms with Crippen LogP contribution in [0.25, 0.3) is 22.0 Å². The monoisotopic (exact) mass is 374 g/mol. The van der Waals surface area contributed by atoms with Gasteiger partial charge >= 0.3 is 0 Å². The Bertz CT molecular complexity index is 1250. The van der Waals surface area contributed by atoms with E-state index in [-0.39, 0.29) is 17.8 Å². The number of fused-ring (bicyclic) bond motifs is 1. The molecule has 0 N–H and O–H groups in total. The van der Waals surface area contributed by atoms with Crippen LogP contribution in [0, 0.1) is 15.3 Å². The fourth-order valence-corrected chi connectivity index (χ4v) is 3.04. The van der Waals surface area contributed by atoms with Crippen molar-refractivity contribution in [2.75, 3.05) is 0 Å². The van der Waals surface area contributed by atoms with E-state index in [9.17, 15) is 20.1 Å². The Hall–Kier alpha value is -4.07. The highest BCUT2D eigenvalue weighted by atomic mass is 16.6. The van der Waals surface area contributed by atoms with Gasteiger partial charge in [-0.2, -0.15) is 9.83 Å². The van der Waals surface area contributed by atoms with Gasteiger partial charge in [0.25, 0.3) is 11.2 Å². The zero-order chi connectivity index (χ0) is 19.7. The van der Waals surface area contributed by atoms with E-state index in [0.717, 1.165) is 5.56 Å². The predicted molar refractivity (Wildman–Crippen MR) is 103 cm³/mol. The number of nitro benzene ring substituents is 1. The van der Waals surface area contributed by atoms with Crippen LogP contribution in [-0.4, -0.2) is 14.7 Å². The molecule has 0 saturated heterocycles. The van der Waals surface area contributed by atoms with Gasteiger partial charge in [0.2, 0.25) is 0 Å². The van der Waals surface area contributed by atoms with Gasteiger partial charge in [-0.3, -0.25) is 14.9 Å². The molecular weight excluding hydrogens is 360 g/mol. The summed E-state index contributed by atoms with van der Waals surface area (Å²) in [5, 5.41) is 27.9. The Morgan fingerprint density at radius 1 is 1.00 bits per heavy atom. The summed E-state index contributed by atoms with van der Waals surface area (Å²) in [4.78, 5) is 23.6. The second-order valence-electron chi connectivity index (χ2n) is 6.23. The summed E-state index contributed by atoms with van der Waals surface area (Å²) < 4.78 is 1.97. The lowest BCUT2D eigenvalue weighted by Crippen LogP contribution is -2.26. The minimum absolute atomic E-state index is 0.0517. The molecule has 2 heterocycles. The minimum atomic E-state index is -0.468. The van der Waals surface area contributed by atoms with E-state index in [1.807, 2.05) is 0 Å². The normalized spacial score (nSPS) is 10.9. The number of non-ortho nitro benzene ring substituents is 1. The lowest BCUT2D eigenvalue weighted by Gasteiger charge is -2.11. The van der Waals surface area contributed by atoms with Gasteiger partial charge in [0.05, 0.1) is 22.5 Å². The summed E-state index contributed by atoms with van der Waals surface area (Å²) in [6.45, 7) is 0.173. The highest BCUT2D eigenvalue weighted by Crippen LogP contribution is 2.27. The molecule has 0 radical (unpaired) electrons. The molecule has 0 aliphatic carbocycles. The first-order valence-electron chi connectivity index (χ1n) is 8.45. The van der Waals surface area contributed by atoms with E-state index in [0.29, 0.717) is 26.8 Å². The summed E-state index contributed by atoms with van der Waals surface area (Å²) in [7, 11) is 0. The maximum Gasteiger partial charge on any atom is 0.274 e. The van der Waals surface area contributed by atoms with Gasteiger partial charge in [-0.1, -0.05) is 30.3 Å². The molecule has 28 heavy (non-hydrogen) atoms. The standard InChI is InChI=1S/C20H14N4O4/c25-20-18-7-2-1-6-17(18)19(15-4-3-5-16(12-15)24(27)28)21-23(20)13-14-8-10-22(26)11-9-14/h1-12H,13H2. The largest absolute Gasteiger partial charge is 0.619 e. The Kier molecular flexibility index (Phi) is 4.29. The molecule has 0 aliphatic rings. The Balaban J connectivity index is 1.92. The van der Waals surface area contributed by atoms with Crippen molar-refractivity contribution in [3.05, 3.63) is 104 Å². The molecule has 0 saturated carbocycles. The highest BCUT2D eigenvalue weighted by Gasteiger charge is 2.15. The van der Waals surface area contributed by atoms with Gasteiger partial charge in [-0.05, 0) is 11.6 Å². The number of rotatable bonds is 4. The second kappa shape index (κ2) is 6.92. The molecule has 8 heteroatoms. The average Bonchev–Trinajstić information content (AvgIpc) is 2.72. The van der Waals surface area contributed by atoms with Crippen LogP contribution in [0.15, 0.2) is 77.9 Å². The molecule has 0 amide bonds. The Morgan fingerprint density at radius 2 is 1.71 bits per heavy atom. The summed E-state index contributed by atoms with van der Waals surface area (Å²) in [5.74, 6) is 0. The lowest BCUT2D eigenvalue weighted by molar-refractivity contribution is -0.605. The van der Waals surface area contributed by atoms with Gasteiger partial charge in [-0.15, -0.1) is 0 Å². The van der Waals surface area contributed by atoms with Crippen molar-refractivity contribution < 1.29 is 9.65 Å². The fraction of sp³-hybridized carbons (Fsp3) is 0.0500. The number of benzene rings is 2. The lowest BCUT2D eigenvalue weighted by atomic mass is 10.0. The first-order valence-corrected chi connectivity index (χ1v) is 8.45. The highest BCUT2D eigenvalue weighted by molar-refractivity contribution is 5.94. The van der Waals surface area contributed by atoms with Crippen molar-refractivity contribution in [2.24, 2.45) is 0 Å². The molecule has 8 nitrogen and oxygen atoms in total. The second-order valence-corrected chi connectivity index (χ2v) is 6.23. The first kappa shape index (κ1) is 17.3. The van der Waals surface area contributed by atoms with Gasteiger partial charge in [0.1, 0.15) is 0 Å². The van der Waals surface area contributed by atoms with E-state index in [4.69, 9.17) is 0 Å². The smallest absolute Gasteiger partial charge is 0.274 e. The van der Waals surface area contributed by atoms with Crippen LogP contribution in [0.1, 0.15) is 5.56 Å². The van der Waals surface area contributed by atoms with Crippen LogP contribution in [0.5, 0.6) is 0 Å².